The Bertz CT molecular complexity index is 1160. The maximum absolute atomic E-state index is 12.3. The summed E-state index contributed by atoms with van der Waals surface area (Å²) in [5.74, 6) is 0. The minimum absolute atomic E-state index is 0.104. The Morgan fingerprint density at radius 2 is 1.59 bits per heavy atom. The molecule has 1 aromatic heterocycles. The van der Waals surface area contributed by atoms with Gasteiger partial charge in [-0.15, -0.1) is 10.2 Å². The fourth-order valence-electron chi connectivity index (χ4n) is 3.03. The third-order valence-corrected chi connectivity index (χ3v) is 5.54. The predicted octanol–water partition coefficient (Wildman–Crippen LogP) is 6.30. The number of carbonyl (C=O) groups excluding carboxylic acids is 1. The first-order valence-electron chi connectivity index (χ1n) is 9.40. The summed E-state index contributed by atoms with van der Waals surface area (Å²) in [6.45, 7) is 6.55. The Morgan fingerprint density at radius 1 is 0.862 bits per heavy atom. The maximum atomic E-state index is 12.3. The highest BCUT2D eigenvalue weighted by Gasteiger charge is 2.14. The van der Waals surface area contributed by atoms with E-state index in [1.165, 1.54) is 16.9 Å². The molecular formula is C23H22N4OS. The van der Waals surface area contributed by atoms with Crippen molar-refractivity contribution in [2.24, 2.45) is 0 Å². The maximum Gasteiger partial charge on any atom is 0.325 e. The first-order chi connectivity index (χ1) is 13.9. The van der Waals surface area contributed by atoms with Crippen LogP contribution in [-0.4, -0.2) is 16.2 Å². The van der Waals surface area contributed by atoms with Crippen molar-refractivity contribution in [3.05, 3.63) is 72.3 Å². The zero-order valence-corrected chi connectivity index (χ0v) is 17.4. The van der Waals surface area contributed by atoms with E-state index in [2.05, 4.69) is 53.7 Å². The summed E-state index contributed by atoms with van der Waals surface area (Å²) in [7, 11) is 0. The number of benzene rings is 3. The van der Waals surface area contributed by atoms with Crippen molar-refractivity contribution < 1.29 is 4.79 Å². The third-order valence-electron chi connectivity index (χ3n) is 4.65. The smallest absolute Gasteiger partial charge is 0.308 e. The number of aromatic nitrogens is 2. The van der Waals surface area contributed by atoms with E-state index in [0.717, 1.165) is 27.0 Å². The number of urea groups is 1. The molecule has 0 spiro atoms. The highest BCUT2D eigenvalue weighted by molar-refractivity contribution is 7.18. The number of nitrogens with zero attached hydrogens (tertiary/aromatic N) is 2. The predicted molar refractivity (Wildman–Crippen MR) is 121 cm³/mol. The fourth-order valence-corrected chi connectivity index (χ4v) is 3.77. The lowest BCUT2D eigenvalue weighted by atomic mass is 9.87. The van der Waals surface area contributed by atoms with Crippen LogP contribution in [0.15, 0.2) is 66.7 Å². The number of hydrogen-bond donors (Lipinski definition) is 2. The number of hydrogen-bond acceptors (Lipinski definition) is 4. The van der Waals surface area contributed by atoms with Crippen LogP contribution in [0, 0.1) is 0 Å². The molecule has 0 saturated carbocycles. The average Bonchev–Trinajstić information content (AvgIpc) is 3.15. The van der Waals surface area contributed by atoms with Crippen LogP contribution in [0.2, 0.25) is 0 Å². The summed E-state index contributed by atoms with van der Waals surface area (Å²) in [5, 5.41) is 17.3. The molecule has 3 aromatic carbocycles. The SMILES string of the molecule is CC(C)(C)c1ccc(-c2nnc(NC(=O)Nc3ccc4ccccc4c3)s2)cc1. The Hall–Kier alpha value is -3.25. The Labute approximate surface area is 173 Å². The first kappa shape index (κ1) is 19.1. The average molecular weight is 403 g/mol. The Kier molecular flexibility index (Phi) is 5.03. The van der Waals surface area contributed by atoms with E-state index >= 15 is 0 Å². The van der Waals surface area contributed by atoms with Gasteiger partial charge in [0.05, 0.1) is 0 Å². The number of rotatable bonds is 3. The van der Waals surface area contributed by atoms with Crippen LogP contribution in [-0.2, 0) is 5.41 Å². The van der Waals surface area contributed by atoms with E-state index in [4.69, 9.17) is 0 Å². The van der Waals surface area contributed by atoms with Gasteiger partial charge in [-0.2, -0.15) is 0 Å². The van der Waals surface area contributed by atoms with E-state index in [0.29, 0.717) is 5.13 Å². The van der Waals surface area contributed by atoms with Crippen LogP contribution in [0.4, 0.5) is 15.6 Å². The van der Waals surface area contributed by atoms with Gasteiger partial charge in [-0.3, -0.25) is 5.32 Å². The summed E-state index contributed by atoms with van der Waals surface area (Å²) in [6, 6.07) is 21.8. The van der Waals surface area contributed by atoms with Crippen molar-refractivity contribution in [3.8, 4) is 10.6 Å². The van der Waals surface area contributed by atoms with Gasteiger partial charge in [0.2, 0.25) is 5.13 Å². The van der Waals surface area contributed by atoms with Gasteiger partial charge in [0.25, 0.3) is 0 Å². The molecule has 0 aliphatic carbocycles. The van der Waals surface area contributed by atoms with E-state index in [1.54, 1.807) is 0 Å². The number of anilines is 2. The Balaban J connectivity index is 1.43. The Morgan fingerprint density at radius 3 is 2.31 bits per heavy atom. The standard InChI is InChI=1S/C23H22N4OS/c1-23(2,3)18-11-8-16(9-12-18)20-26-27-22(29-20)25-21(28)24-19-13-10-15-6-4-5-7-17(15)14-19/h4-14H,1-3H3,(H2,24,25,27,28). The number of nitrogens with one attached hydrogen (secondary N) is 2. The molecule has 146 valence electrons. The van der Waals surface area contributed by atoms with E-state index in [1.807, 2.05) is 54.6 Å². The number of carbonyl (C=O) groups is 1. The van der Waals surface area contributed by atoms with Crippen LogP contribution in [0.1, 0.15) is 26.3 Å². The molecule has 2 N–H and O–H groups in total. The summed E-state index contributed by atoms with van der Waals surface area (Å²) in [4.78, 5) is 12.3. The first-order valence-corrected chi connectivity index (χ1v) is 10.2. The van der Waals surface area contributed by atoms with Crippen LogP contribution in [0.3, 0.4) is 0 Å². The molecule has 0 bridgehead atoms. The van der Waals surface area contributed by atoms with E-state index < -0.39 is 0 Å². The summed E-state index contributed by atoms with van der Waals surface area (Å²) >= 11 is 1.35. The molecule has 5 nitrogen and oxygen atoms in total. The molecule has 2 amide bonds. The van der Waals surface area contributed by atoms with Crippen molar-refractivity contribution in [1.29, 1.82) is 0 Å². The molecule has 4 aromatic rings. The van der Waals surface area contributed by atoms with Gasteiger partial charge in [-0.25, -0.2) is 4.79 Å². The van der Waals surface area contributed by atoms with Gasteiger partial charge in [0, 0.05) is 11.3 Å². The summed E-state index contributed by atoms with van der Waals surface area (Å²) in [6.07, 6.45) is 0. The largest absolute Gasteiger partial charge is 0.325 e. The molecule has 0 fully saturated rings. The summed E-state index contributed by atoms with van der Waals surface area (Å²) in [5.41, 5.74) is 3.08. The van der Waals surface area contributed by atoms with Gasteiger partial charge in [-0.1, -0.05) is 86.7 Å². The second-order valence-corrected chi connectivity index (χ2v) is 8.86. The van der Waals surface area contributed by atoms with Crippen molar-refractivity contribution in [1.82, 2.24) is 10.2 Å². The number of amides is 2. The van der Waals surface area contributed by atoms with Crippen molar-refractivity contribution >= 4 is 39.0 Å². The zero-order chi connectivity index (χ0) is 20.4. The minimum atomic E-state index is -0.342. The number of fused-ring (bicyclic) bond motifs is 1. The van der Waals surface area contributed by atoms with Crippen LogP contribution < -0.4 is 10.6 Å². The highest BCUT2D eigenvalue weighted by Crippen LogP contribution is 2.29. The molecule has 6 heteroatoms. The van der Waals surface area contributed by atoms with Crippen LogP contribution in [0.25, 0.3) is 21.3 Å². The lowest BCUT2D eigenvalue weighted by molar-refractivity contribution is 0.262. The fraction of sp³-hybridized carbons (Fsp3) is 0.174. The van der Waals surface area contributed by atoms with E-state index in [9.17, 15) is 4.79 Å². The van der Waals surface area contributed by atoms with Gasteiger partial charge < -0.3 is 5.32 Å². The van der Waals surface area contributed by atoms with Crippen molar-refractivity contribution in [3.63, 3.8) is 0 Å². The van der Waals surface area contributed by atoms with Gasteiger partial charge in [-0.05, 0) is 33.9 Å². The monoisotopic (exact) mass is 402 g/mol. The normalized spacial score (nSPS) is 11.4. The minimum Gasteiger partial charge on any atom is -0.308 e. The lowest BCUT2D eigenvalue weighted by Crippen LogP contribution is -2.19. The molecule has 29 heavy (non-hydrogen) atoms. The topological polar surface area (TPSA) is 66.9 Å². The van der Waals surface area contributed by atoms with Crippen molar-refractivity contribution in [2.75, 3.05) is 10.6 Å². The molecule has 0 radical (unpaired) electrons. The van der Waals surface area contributed by atoms with E-state index in [-0.39, 0.29) is 11.4 Å². The van der Waals surface area contributed by atoms with Crippen LogP contribution >= 0.6 is 11.3 Å². The van der Waals surface area contributed by atoms with Gasteiger partial charge in [0.1, 0.15) is 5.01 Å². The molecule has 0 saturated heterocycles. The molecule has 1 heterocycles. The summed E-state index contributed by atoms with van der Waals surface area (Å²) < 4.78 is 0. The van der Waals surface area contributed by atoms with Gasteiger partial charge >= 0.3 is 6.03 Å². The molecular weight excluding hydrogens is 380 g/mol. The molecule has 0 aliphatic heterocycles. The highest BCUT2D eigenvalue weighted by atomic mass is 32.1. The van der Waals surface area contributed by atoms with Gasteiger partial charge in [0.15, 0.2) is 0 Å². The molecule has 0 atom stereocenters. The molecule has 0 aliphatic rings. The zero-order valence-electron chi connectivity index (χ0n) is 16.6. The third kappa shape index (κ3) is 4.43. The lowest BCUT2D eigenvalue weighted by Gasteiger charge is -2.18. The van der Waals surface area contributed by atoms with Crippen LogP contribution in [0.5, 0.6) is 0 Å². The molecule has 0 unspecified atom stereocenters. The quantitative estimate of drug-likeness (QED) is 0.422. The van der Waals surface area contributed by atoms with Crippen molar-refractivity contribution in [2.45, 2.75) is 26.2 Å². The second kappa shape index (κ2) is 7.64. The molecule has 4 rings (SSSR count). The second-order valence-electron chi connectivity index (χ2n) is 7.88.